The first kappa shape index (κ1) is 34.4. The first-order chi connectivity index (χ1) is 18.7. The summed E-state index contributed by atoms with van der Waals surface area (Å²) in [7, 11) is -4.36. The van der Waals surface area contributed by atoms with E-state index in [9.17, 15) is 14.7 Å². The minimum atomic E-state index is -2.24. The van der Waals surface area contributed by atoms with Gasteiger partial charge in [0.2, 0.25) is 5.60 Å². The fourth-order valence-corrected chi connectivity index (χ4v) is 11.7. The monoisotopic (exact) mass is 606 g/mol. The topological polar surface area (TPSA) is 82.1 Å². The fourth-order valence-electron chi connectivity index (χ4n) is 7.59. The van der Waals surface area contributed by atoms with Gasteiger partial charge in [-0.3, -0.25) is 4.79 Å². The van der Waals surface area contributed by atoms with Crippen LogP contribution in [-0.4, -0.2) is 57.4 Å². The lowest BCUT2D eigenvalue weighted by atomic mass is 9.52. The van der Waals surface area contributed by atoms with Crippen LogP contribution in [0.25, 0.3) is 0 Å². The van der Waals surface area contributed by atoms with Gasteiger partial charge in [-0.2, -0.15) is 0 Å². The molecule has 234 valence electrons. The Morgan fingerprint density at radius 1 is 1.05 bits per heavy atom. The molecule has 0 aromatic rings. The maximum Gasteiger partial charge on any atom is 0.347 e. The van der Waals surface area contributed by atoms with E-state index in [1.165, 1.54) is 0 Å². The van der Waals surface area contributed by atoms with Crippen molar-refractivity contribution in [3.8, 4) is 0 Å². The van der Waals surface area contributed by atoms with E-state index in [-0.39, 0.29) is 17.2 Å². The van der Waals surface area contributed by atoms with Gasteiger partial charge in [-0.05, 0) is 85.4 Å². The quantitative estimate of drug-likeness (QED) is 0.119. The SMILES string of the molecule is C=CCC[C@@H]1OC(=O)[C@@]2(O)C(=O)[C@@H]3C[C@H](O[Si](C)(C)C(C)(C)C)C(C)=C([C@H](O[Si](CC)(CC)CC)C[C@]12C)C3(C)C. The van der Waals surface area contributed by atoms with Gasteiger partial charge in [-0.1, -0.05) is 68.4 Å². The molecule has 0 aromatic heterocycles. The number of aliphatic hydroxyl groups is 1. The lowest BCUT2D eigenvalue weighted by Crippen LogP contribution is -2.65. The molecule has 1 saturated heterocycles. The molecule has 2 bridgehead atoms. The van der Waals surface area contributed by atoms with Gasteiger partial charge in [0.15, 0.2) is 22.4 Å². The summed E-state index contributed by atoms with van der Waals surface area (Å²) >= 11 is 0. The average molecular weight is 607 g/mol. The summed E-state index contributed by atoms with van der Waals surface area (Å²) in [5, 5.41) is 12.4. The molecule has 2 aliphatic carbocycles. The van der Waals surface area contributed by atoms with Gasteiger partial charge in [-0.25, -0.2) is 4.79 Å². The number of ketones is 1. The third-order valence-corrected chi connectivity index (χ3v) is 20.9. The van der Waals surface area contributed by atoms with E-state index in [0.717, 1.165) is 29.3 Å². The Kier molecular flexibility index (Phi) is 9.62. The summed E-state index contributed by atoms with van der Waals surface area (Å²) in [6, 6.07) is 2.93. The number of hydrogen-bond acceptors (Lipinski definition) is 6. The molecular weight excluding hydrogens is 549 g/mol. The minimum Gasteiger partial charge on any atom is -0.459 e. The molecule has 6 nitrogen and oxygen atoms in total. The van der Waals surface area contributed by atoms with Crippen molar-refractivity contribution in [2.45, 2.75) is 155 Å². The average Bonchev–Trinajstić information content (AvgIpc) is 3.06. The van der Waals surface area contributed by atoms with Crippen LogP contribution >= 0.6 is 0 Å². The van der Waals surface area contributed by atoms with Crippen LogP contribution < -0.4 is 0 Å². The molecule has 0 unspecified atom stereocenters. The van der Waals surface area contributed by atoms with Crippen LogP contribution in [0, 0.1) is 16.7 Å². The van der Waals surface area contributed by atoms with Crippen molar-refractivity contribution in [2.24, 2.45) is 16.7 Å². The summed E-state index contributed by atoms with van der Waals surface area (Å²) in [5.41, 5.74) is -1.71. The molecule has 1 saturated carbocycles. The van der Waals surface area contributed by atoms with Gasteiger partial charge in [0, 0.05) is 5.92 Å². The second kappa shape index (κ2) is 11.5. The number of hydrogen-bond donors (Lipinski definition) is 1. The lowest BCUT2D eigenvalue weighted by molar-refractivity contribution is -0.172. The number of cyclic esters (lactones) is 1. The number of esters is 1. The largest absolute Gasteiger partial charge is 0.459 e. The van der Waals surface area contributed by atoms with Crippen LogP contribution in [-0.2, 0) is 23.2 Å². The van der Waals surface area contributed by atoms with Crippen LogP contribution in [0.4, 0.5) is 0 Å². The Morgan fingerprint density at radius 2 is 1.61 bits per heavy atom. The van der Waals surface area contributed by atoms with E-state index >= 15 is 0 Å². The number of carbonyl (C=O) groups excluding carboxylic acids is 2. The third kappa shape index (κ3) is 5.43. The van der Waals surface area contributed by atoms with Crippen LogP contribution in [0.3, 0.4) is 0 Å². The predicted octanol–water partition coefficient (Wildman–Crippen LogP) is 7.73. The molecule has 2 fully saturated rings. The maximum atomic E-state index is 14.7. The molecule has 0 amide bonds. The van der Waals surface area contributed by atoms with E-state index in [1.54, 1.807) is 6.08 Å². The number of fused-ring (bicyclic) bond motifs is 3. The van der Waals surface area contributed by atoms with E-state index < -0.39 is 56.8 Å². The van der Waals surface area contributed by atoms with Crippen LogP contribution in [0.1, 0.15) is 94.9 Å². The van der Waals surface area contributed by atoms with E-state index in [4.69, 9.17) is 13.6 Å². The zero-order chi connectivity index (χ0) is 31.4. The summed E-state index contributed by atoms with van der Waals surface area (Å²) < 4.78 is 20.3. The summed E-state index contributed by atoms with van der Waals surface area (Å²) in [6.07, 6.45) is 2.47. The Hall–Kier alpha value is -1.07. The number of ether oxygens (including phenoxy) is 1. The van der Waals surface area contributed by atoms with Gasteiger partial charge in [0.1, 0.15) is 6.10 Å². The number of Topliss-reactive ketones (excluding diaryl/α,β-unsaturated/α-hetero) is 1. The minimum absolute atomic E-state index is 0.00795. The standard InChI is InChI=1S/C33H58O6Si2/c1-14-18-19-26-32(11)21-25(39-41(15-2,16-3)17-4)27-22(5)24(38-40(12,13)30(6,7)8)20-23(31(27,9)10)28(34)33(32,36)29(35)37-26/h14,23-26,36H,1,15-21H2,2-13H3/t23-,24-,25+,26-,32+,33-/m0/s1. The van der Waals surface area contributed by atoms with Crippen molar-refractivity contribution in [3.63, 3.8) is 0 Å². The van der Waals surface area contributed by atoms with Crippen molar-refractivity contribution in [1.82, 2.24) is 0 Å². The Bertz CT molecular complexity index is 1060. The Morgan fingerprint density at radius 3 is 2.10 bits per heavy atom. The molecule has 0 radical (unpaired) electrons. The second-order valence-corrected chi connectivity index (χ2v) is 24.8. The highest BCUT2D eigenvalue weighted by molar-refractivity contribution is 6.74. The van der Waals surface area contributed by atoms with Crippen molar-refractivity contribution in [2.75, 3.05) is 0 Å². The summed E-state index contributed by atoms with van der Waals surface area (Å²) in [5.74, 6) is -1.85. The van der Waals surface area contributed by atoms with Crippen molar-refractivity contribution < 1.29 is 28.3 Å². The molecule has 3 aliphatic rings. The predicted molar refractivity (Wildman–Crippen MR) is 171 cm³/mol. The van der Waals surface area contributed by atoms with E-state index in [1.807, 2.05) is 6.92 Å². The molecule has 1 heterocycles. The zero-order valence-electron chi connectivity index (χ0n) is 28.0. The van der Waals surface area contributed by atoms with Gasteiger partial charge in [0.25, 0.3) is 0 Å². The van der Waals surface area contributed by atoms with Gasteiger partial charge in [-0.15, -0.1) is 6.58 Å². The lowest BCUT2D eigenvalue weighted by Gasteiger charge is -2.55. The van der Waals surface area contributed by atoms with Gasteiger partial charge in [0.05, 0.1) is 17.6 Å². The second-order valence-electron chi connectivity index (χ2n) is 15.3. The fraction of sp³-hybridized carbons (Fsp3) is 0.818. The Labute approximate surface area is 251 Å². The van der Waals surface area contributed by atoms with Gasteiger partial charge >= 0.3 is 5.97 Å². The Balaban J connectivity index is 2.33. The van der Waals surface area contributed by atoms with Gasteiger partial charge < -0.3 is 18.7 Å². The van der Waals surface area contributed by atoms with Crippen molar-refractivity contribution in [1.29, 1.82) is 0 Å². The van der Waals surface area contributed by atoms with Crippen LogP contribution in [0.15, 0.2) is 23.8 Å². The van der Waals surface area contributed by atoms with E-state index in [2.05, 4.69) is 82.0 Å². The number of allylic oxidation sites excluding steroid dienone is 1. The number of rotatable bonds is 10. The highest BCUT2D eigenvalue weighted by Crippen LogP contribution is 2.60. The van der Waals surface area contributed by atoms with Crippen LogP contribution in [0.2, 0.25) is 36.3 Å². The molecule has 0 spiro atoms. The smallest absolute Gasteiger partial charge is 0.347 e. The van der Waals surface area contributed by atoms with Crippen LogP contribution in [0.5, 0.6) is 0 Å². The number of carbonyl (C=O) groups is 2. The summed E-state index contributed by atoms with van der Waals surface area (Å²) in [6.45, 7) is 29.9. The van der Waals surface area contributed by atoms with E-state index in [0.29, 0.717) is 25.7 Å². The highest BCUT2D eigenvalue weighted by atomic mass is 28.4. The molecule has 1 aliphatic heterocycles. The molecule has 8 heteroatoms. The van der Waals surface area contributed by atoms with Crippen molar-refractivity contribution in [3.05, 3.63) is 23.8 Å². The van der Waals surface area contributed by atoms with Crippen molar-refractivity contribution >= 4 is 28.4 Å². The third-order valence-electron chi connectivity index (χ3n) is 11.8. The maximum absolute atomic E-state index is 14.7. The first-order valence-corrected chi connectivity index (χ1v) is 21.3. The molecule has 3 rings (SSSR count). The normalized spacial score (nSPS) is 34.2. The molecule has 1 N–H and O–H groups in total. The molecular formula is C33H58O6Si2. The molecule has 6 atom stereocenters. The zero-order valence-corrected chi connectivity index (χ0v) is 30.0. The molecule has 0 aromatic carbocycles. The highest BCUT2D eigenvalue weighted by Gasteiger charge is 2.72. The first-order valence-electron chi connectivity index (χ1n) is 15.9. The summed E-state index contributed by atoms with van der Waals surface area (Å²) in [4.78, 5) is 28.3. The molecule has 41 heavy (non-hydrogen) atoms.